The molecule has 10 heteroatoms. The zero-order valence-electron chi connectivity index (χ0n) is 19.9. The first-order valence-corrected chi connectivity index (χ1v) is 14.3. The van der Waals surface area contributed by atoms with Crippen LogP contribution in [-0.2, 0) is 26.2 Å². The summed E-state index contributed by atoms with van der Waals surface area (Å²) >= 11 is 3.33. The van der Waals surface area contributed by atoms with Gasteiger partial charge in [0.2, 0.25) is 21.8 Å². The predicted octanol–water partition coefficient (Wildman–Crippen LogP) is 4.22. The summed E-state index contributed by atoms with van der Waals surface area (Å²) < 4.78 is 40.5. The molecule has 1 aliphatic rings. The van der Waals surface area contributed by atoms with Gasteiger partial charge in [0.25, 0.3) is 0 Å². The highest BCUT2D eigenvalue weighted by Crippen LogP contribution is 2.23. The van der Waals surface area contributed by atoms with Crippen molar-refractivity contribution in [3.05, 3.63) is 64.4 Å². The average Bonchev–Trinajstić information content (AvgIpc) is 3.31. The fourth-order valence-electron chi connectivity index (χ4n) is 4.29. The van der Waals surface area contributed by atoms with E-state index in [0.717, 1.165) is 40.7 Å². The lowest BCUT2D eigenvalue weighted by Crippen LogP contribution is -2.53. The van der Waals surface area contributed by atoms with Gasteiger partial charge in [0, 0.05) is 17.1 Å². The summed E-state index contributed by atoms with van der Waals surface area (Å²) in [6, 6.07) is 11.6. The van der Waals surface area contributed by atoms with Crippen molar-refractivity contribution in [1.82, 2.24) is 10.2 Å². The van der Waals surface area contributed by atoms with Gasteiger partial charge in [0.15, 0.2) is 0 Å². The van der Waals surface area contributed by atoms with Crippen molar-refractivity contribution in [2.24, 2.45) is 0 Å². The van der Waals surface area contributed by atoms with Gasteiger partial charge in [-0.15, -0.1) is 0 Å². The molecule has 1 N–H and O–H groups in total. The zero-order valence-corrected chi connectivity index (χ0v) is 22.3. The molecule has 0 spiro atoms. The van der Waals surface area contributed by atoms with Crippen LogP contribution in [0.4, 0.5) is 10.1 Å². The summed E-state index contributed by atoms with van der Waals surface area (Å²) in [5.74, 6) is -1.18. The van der Waals surface area contributed by atoms with Gasteiger partial charge in [-0.2, -0.15) is 0 Å². The number of halogens is 2. The number of hydrogen-bond acceptors (Lipinski definition) is 4. The van der Waals surface area contributed by atoms with Gasteiger partial charge in [0.05, 0.1) is 11.9 Å². The Kier molecular flexibility index (Phi) is 9.29. The highest BCUT2D eigenvalue weighted by molar-refractivity contribution is 9.10. The van der Waals surface area contributed by atoms with E-state index in [1.807, 2.05) is 6.92 Å². The van der Waals surface area contributed by atoms with Crippen LogP contribution in [0.1, 0.15) is 44.6 Å². The second-order valence-electron chi connectivity index (χ2n) is 8.81. The smallest absolute Gasteiger partial charge is 0.244 e. The molecule has 35 heavy (non-hydrogen) atoms. The van der Waals surface area contributed by atoms with Gasteiger partial charge in [-0.05, 0) is 61.2 Å². The Morgan fingerprint density at radius 2 is 1.69 bits per heavy atom. The van der Waals surface area contributed by atoms with E-state index in [4.69, 9.17) is 0 Å². The maximum Gasteiger partial charge on any atom is 0.244 e. The molecular formula is C25H31BrFN3O4S. The summed E-state index contributed by atoms with van der Waals surface area (Å²) in [7, 11) is -3.79. The first-order chi connectivity index (χ1) is 16.6. The van der Waals surface area contributed by atoms with E-state index in [1.165, 1.54) is 17.0 Å². The highest BCUT2D eigenvalue weighted by atomic mass is 79.9. The molecule has 2 aromatic rings. The van der Waals surface area contributed by atoms with Gasteiger partial charge in [-0.3, -0.25) is 13.9 Å². The van der Waals surface area contributed by atoms with E-state index in [0.29, 0.717) is 17.7 Å². The van der Waals surface area contributed by atoms with E-state index < -0.39 is 34.3 Å². The minimum Gasteiger partial charge on any atom is -0.352 e. The standard InChI is InChI=1S/C25H31BrFN3O4S/c1-3-23(25(32)28-21-6-4-5-7-21)29(16-18-8-12-20(27)13-9-18)24(31)17-30(35(2,33)34)22-14-10-19(26)11-15-22/h8-15,21,23H,3-7,16-17H2,1-2H3,(H,28,32)/t23-/m0/s1. The Bertz CT molecular complexity index is 1120. The molecule has 7 nitrogen and oxygen atoms in total. The molecule has 1 fully saturated rings. The monoisotopic (exact) mass is 567 g/mol. The van der Waals surface area contributed by atoms with Crippen LogP contribution in [0.3, 0.4) is 0 Å². The largest absolute Gasteiger partial charge is 0.352 e. The SMILES string of the molecule is CC[C@@H](C(=O)NC1CCCC1)N(Cc1ccc(F)cc1)C(=O)CN(c1ccc(Br)cc1)S(C)(=O)=O. The Morgan fingerprint density at radius 3 is 2.23 bits per heavy atom. The Hall–Kier alpha value is -2.46. The summed E-state index contributed by atoms with van der Waals surface area (Å²) in [6.45, 7) is 1.40. The van der Waals surface area contributed by atoms with E-state index in [2.05, 4.69) is 21.2 Å². The minimum absolute atomic E-state index is 0.0493. The molecule has 0 heterocycles. The topological polar surface area (TPSA) is 86.8 Å². The molecular weight excluding hydrogens is 537 g/mol. The molecule has 0 radical (unpaired) electrons. The Balaban J connectivity index is 1.90. The fourth-order valence-corrected chi connectivity index (χ4v) is 5.41. The summed E-state index contributed by atoms with van der Waals surface area (Å²) in [6.07, 6.45) is 5.30. The number of hydrogen-bond donors (Lipinski definition) is 1. The predicted molar refractivity (Wildman–Crippen MR) is 138 cm³/mol. The number of sulfonamides is 1. The Labute approximate surface area is 214 Å². The normalized spacial score (nSPS) is 15.0. The second kappa shape index (κ2) is 12.0. The number of carbonyl (C=O) groups excluding carboxylic acids is 2. The van der Waals surface area contributed by atoms with Crippen molar-refractivity contribution in [1.29, 1.82) is 0 Å². The van der Waals surface area contributed by atoms with Gasteiger partial charge < -0.3 is 10.2 Å². The van der Waals surface area contributed by atoms with Crippen LogP contribution in [0.5, 0.6) is 0 Å². The molecule has 1 atom stereocenters. The number of nitrogens with one attached hydrogen (secondary N) is 1. The molecule has 2 aromatic carbocycles. The third kappa shape index (κ3) is 7.51. The second-order valence-corrected chi connectivity index (χ2v) is 11.6. The van der Waals surface area contributed by atoms with Gasteiger partial charge in [-0.25, -0.2) is 12.8 Å². The maximum atomic E-state index is 13.6. The quantitative estimate of drug-likeness (QED) is 0.465. The third-order valence-electron chi connectivity index (χ3n) is 6.15. The fraction of sp³-hybridized carbons (Fsp3) is 0.440. The first kappa shape index (κ1) is 27.1. The first-order valence-electron chi connectivity index (χ1n) is 11.7. The number of nitrogens with zero attached hydrogens (tertiary/aromatic N) is 2. The van der Waals surface area contributed by atoms with Gasteiger partial charge in [0.1, 0.15) is 18.4 Å². The Morgan fingerprint density at radius 1 is 1.09 bits per heavy atom. The molecule has 2 amide bonds. The van der Waals surface area contributed by atoms with Crippen molar-refractivity contribution in [3.63, 3.8) is 0 Å². The van der Waals surface area contributed by atoms with Gasteiger partial charge >= 0.3 is 0 Å². The molecule has 0 saturated heterocycles. The molecule has 1 aliphatic carbocycles. The van der Waals surface area contributed by atoms with Crippen molar-refractivity contribution in [2.45, 2.75) is 57.7 Å². The van der Waals surface area contributed by atoms with Crippen LogP contribution in [0.2, 0.25) is 0 Å². The summed E-state index contributed by atoms with van der Waals surface area (Å²) in [4.78, 5) is 28.2. The van der Waals surface area contributed by atoms with Crippen LogP contribution in [0.15, 0.2) is 53.0 Å². The van der Waals surface area contributed by atoms with E-state index >= 15 is 0 Å². The lowest BCUT2D eigenvalue weighted by molar-refractivity contribution is -0.140. The summed E-state index contributed by atoms with van der Waals surface area (Å²) in [5, 5.41) is 3.05. The number of amides is 2. The third-order valence-corrected chi connectivity index (χ3v) is 7.82. The number of carbonyl (C=O) groups is 2. The molecule has 3 rings (SSSR count). The van der Waals surface area contributed by atoms with Crippen molar-refractivity contribution in [3.8, 4) is 0 Å². The van der Waals surface area contributed by atoms with E-state index in [1.54, 1.807) is 36.4 Å². The highest BCUT2D eigenvalue weighted by Gasteiger charge is 2.33. The van der Waals surface area contributed by atoms with Crippen LogP contribution in [0.25, 0.3) is 0 Å². The lowest BCUT2D eigenvalue weighted by Gasteiger charge is -2.33. The van der Waals surface area contributed by atoms with Crippen LogP contribution < -0.4 is 9.62 Å². The van der Waals surface area contributed by atoms with Gasteiger partial charge in [-0.1, -0.05) is 47.8 Å². The van der Waals surface area contributed by atoms with Crippen molar-refractivity contribution >= 4 is 43.5 Å². The van der Waals surface area contributed by atoms with E-state index in [9.17, 15) is 22.4 Å². The number of anilines is 1. The maximum absolute atomic E-state index is 13.6. The average molecular weight is 569 g/mol. The minimum atomic E-state index is -3.79. The van der Waals surface area contributed by atoms with Crippen LogP contribution in [-0.4, -0.2) is 50.0 Å². The molecule has 190 valence electrons. The van der Waals surface area contributed by atoms with Crippen molar-refractivity contribution < 1.29 is 22.4 Å². The zero-order chi connectivity index (χ0) is 25.6. The molecule has 0 aliphatic heterocycles. The molecule has 0 unspecified atom stereocenters. The number of benzene rings is 2. The van der Waals surface area contributed by atoms with Crippen molar-refractivity contribution in [2.75, 3.05) is 17.1 Å². The summed E-state index contributed by atoms with van der Waals surface area (Å²) in [5.41, 5.74) is 0.982. The molecule has 0 aromatic heterocycles. The lowest BCUT2D eigenvalue weighted by atomic mass is 10.1. The number of rotatable bonds is 10. The van der Waals surface area contributed by atoms with E-state index in [-0.39, 0.29) is 18.5 Å². The molecule has 1 saturated carbocycles. The molecule has 0 bridgehead atoms. The van der Waals surface area contributed by atoms with Crippen LogP contribution >= 0.6 is 15.9 Å². The van der Waals surface area contributed by atoms with Crippen LogP contribution in [0, 0.1) is 5.82 Å².